The van der Waals surface area contributed by atoms with Crippen LogP contribution in [0.15, 0.2) is 0 Å². The lowest BCUT2D eigenvalue weighted by Gasteiger charge is -1.91. The Balaban J connectivity index is 3.43. The molecule has 0 bridgehead atoms. The SMILES string of the molecule is CCOCC#CC(=O)OCC. The number of hydrogen-bond acceptors (Lipinski definition) is 3. The third-order valence-corrected chi connectivity index (χ3v) is 0.844. The summed E-state index contributed by atoms with van der Waals surface area (Å²) in [5, 5.41) is 0. The van der Waals surface area contributed by atoms with Crippen molar-refractivity contribution in [2.45, 2.75) is 13.8 Å². The summed E-state index contributed by atoms with van der Waals surface area (Å²) in [5.41, 5.74) is 0. The molecule has 0 aromatic carbocycles. The van der Waals surface area contributed by atoms with Crippen molar-refractivity contribution in [1.29, 1.82) is 0 Å². The lowest BCUT2D eigenvalue weighted by Crippen LogP contribution is -2.00. The minimum absolute atomic E-state index is 0.287. The van der Waals surface area contributed by atoms with Gasteiger partial charge in [0.05, 0.1) is 6.61 Å². The Kier molecular flexibility index (Phi) is 6.45. The topological polar surface area (TPSA) is 35.5 Å². The van der Waals surface area contributed by atoms with Crippen molar-refractivity contribution in [3.8, 4) is 11.8 Å². The van der Waals surface area contributed by atoms with Gasteiger partial charge in [-0.3, -0.25) is 0 Å². The summed E-state index contributed by atoms with van der Waals surface area (Å²) in [6.45, 7) is 4.86. The molecule has 0 rings (SSSR count). The average molecular weight is 156 g/mol. The summed E-state index contributed by atoms with van der Waals surface area (Å²) in [7, 11) is 0. The number of rotatable bonds is 3. The van der Waals surface area contributed by atoms with Gasteiger partial charge in [-0.25, -0.2) is 4.79 Å². The van der Waals surface area contributed by atoms with Crippen LogP contribution in [0.5, 0.6) is 0 Å². The van der Waals surface area contributed by atoms with Crippen LogP contribution >= 0.6 is 0 Å². The number of esters is 1. The van der Waals surface area contributed by atoms with Crippen LogP contribution in [0.3, 0.4) is 0 Å². The first kappa shape index (κ1) is 9.99. The van der Waals surface area contributed by atoms with Gasteiger partial charge in [0, 0.05) is 12.5 Å². The lowest BCUT2D eigenvalue weighted by molar-refractivity contribution is -0.136. The zero-order valence-electron chi connectivity index (χ0n) is 6.85. The maximum Gasteiger partial charge on any atom is 0.384 e. The summed E-state index contributed by atoms with van der Waals surface area (Å²) in [6, 6.07) is 0. The maximum atomic E-state index is 10.6. The molecule has 0 saturated heterocycles. The van der Waals surface area contributed by atoms with Crippen molar-refractivity contribution in [3.63, 3.8) is 0 Å². The molecular weight excluding hydrogens is 144 g/mol. The fourth-order valence-electron chi connectivity index (χ4n) is 0.429. The third kappa shape index (κ3) is 6.88. The van der Waals surface area contributed by atoms with Gasteiger partial charge < -0.3 is 9.47 Å². The van der Waals surface area contributed by atoms with Crippen molar-refractivity contribution in [1.82, 2.24) is 0 Å². The number of hydrogen-bond donors (Lipinski definition) is 0. The van der Waals surface area contributed by atoms with Crippen LogP contribution < -0.4 is 0 Å². The molecule has 0 aliphatic heterocycles. The normalized spacial score (nSPS) is 8.18. The Labute approximate surface area is 66.7 Å². The summed E-state index contributed by atoms with van der Waals surface area (Å²) in [5.74, 6) is 4.31. The van der Waals surface area contributed by atoms with E-state index in [1.54, 1.807) is 6.92 Å². The van der Waals surface area contributed by atoms with E-state index in [1.807, 2.05) is 6.92 Å². The summed E-state index contributed by atoms with van der Waals surface area (Å²) >= 11 is 0. The molecule has 0 N–H and O–H groups in total. The van der Waals surface area contributed by atoms with E-state index in [4.69, 9.17) is 4.74 Å². The van der Waals surface area contributed by atoms with Gasteiger partial charge >= 0.3 is 5.97 Å². The monoisotopic (exact) mass is 156 g/mol. The van der Waals surface area contributed by atoms with Gasteiger partial charge in [-0.2, -0.15) is 0 Å². The zero-order valence-corrected chi connectivity index (χ0v) is 6.85. The van der Waals surface area contributed by atoms with E-state index in [1.165, 1.54) is 0 Å². The molecule has 0 heterocycles. The molecule has 0 radical (unpaired) electrons. The highest BCUT2D eigenvalue weighted by atomic mass is 16.5. The van der Waals surface area contributed by atoms with E-state index >= 15 is 0 Å². The first-order chi connectivity index (χ1) is 5.31. The lowest BCUT2D eigenvalue weighted by atomic mass is 10.6. The molecule has 11 heavy (non-hydrogen) atoms. The van der Waals surface area contributed by atoms with E-state index in [0.29, 0.717) is 13.2 Å². The first-order valence-electron chi connectivity index (χ1n) is 3.54. The fourth-order valence-corrected chi connectivity index (χ4v) is 0.429. The Morgan fingerprint density at radius 1 is 1.36 bits per heavy atom. The van der Waals surface area contributed by atoms with Crippen LogP contribution in [-0.2, 0) is 14.3 Å². The predicted octanol–water partition coefficient (Wildman–Crippen LogP) is 0.589. The Hall–Kier alpha value is -1.01. The second kappa shape index (κ2) is 7.10. The van der Waals surface area contributed by atoms with Crippen LogP contribution in [0.25, 0.3) is 0 Å². The van der Waals surface area contributed by atoms with Gasteiger partial charge in [-0.05, 0) is 13.8 Å². The molecule has 0 amide bonds. The van der Waals surface area contributed by atoms with Crippen molar-refractivity contribution >= 4 is 5.97 Å². The molecule has 0 aliphatic rings. The molecule has 0 spiro atoms. The van der Waals surface area contributed by atoms with Crippen LogP contribution in [0.2, 0.25) is 0 Å². The van der Waals surface area contributed by atoms with E-state index < -0.39 is 5.97 Å². The molecule has 0 aliphatic carbocycles. The molecule has 0 aromatic heterocycles. The quantitative estimate of drug-likeness (QED) is 0.259. The van der Waals surface area contributed by atoms with Crippen molar-refractivity contribution in [3.05, 3.63) is 0 Å². The van der Waals surface area contributed by atoms with Gasteiger partial charge in [0.15, 0.2) is 0 Å². The smallest absolute Gasteiger partial charge is 0.384 e. The van der Waals surface area contributed by atoms with E-state index in [-0.39, 0.29) is 6.61 Å². The first-order valence-corrected chi connectivity index (χ1v) is 3.54. The van der Waals surface area contributed by atoms with Gasteiger partial charge in [-0.1, -0.05) is 5.92 Å². The third-order valence-electron chi connectivity index (χ3n) is 0.844. The molecule has 0 aromatic rings. The van der Waals surface area contributed by atoms with E-state index in [9.17, 15) is 4.79 Å². The van der Waals surface area contributed by atoms with Crippen LogP contribution in [-0.4, -0.2) is 25.8 Å². The summed E-state index contributed by atoms with van der Waals surface area (Å²) < 4.78 is 9.43. The fraction of sp³-hybridized carbons (Fsp3) is 0.625. The molecule has 0 fully saturated rings. The number of carbonyl (C=O) groups excluding carboxylic acids is 1. The highest BCUT2D eigenvalue weighted by molar-refractivity contribution is 5.88. The maximum absolute atomic E-state index is 10.6. The molecule has 0 saturated carbocycles. The largest absolute Gasteiger partial charge is 0.456 e. The standard InChI is InChI=1S/C8H12O3/c1-3-10-7-5-6-8(9)11-4-2/h3-4,7H2,1-2H3. The Bertz CT molecular complexity index is 164. The number of ether oxygens (including phenoxy) is 2. The second-order valence-corrected chi connectivity index (χ2v) is 1.66. The van der Waals surface area contributed by atoms with E-state index in [0.717, 1.165) is 0 Å². The molecule has 3 nitrogen and oxygen atoms in total. The van der Waals surface area contributed by atoms with Crippen LogP contribution in [0.4, 0.5) is 0 Å². The minimum Gasteiger partial charge on any atom is -0.456 e. The highest BCUT2D eigenvalue weighted by Crippen LogP contribution is 1.74. The highest BCUT2D eigenvalue weighted by Gasteiger charge is 1.90. The van der Waals surface area contributed by atoms with E-state index in [2.05, 4.69) is 16.6 Å². The summed E-state index contributed by atoms with van der Waals surface area (Å²) in [4.78, 5) is 10.6. The van der Waals surface area contributed by atoms with Gasteiger partial charge in [0.2, 0.25) is 0 Å². The van der Waals surface area contributed by atoms with Crippen LogP contribution in [0.1, 0.15) is 13.8 Å². The predicted molar refractivity (Wildman–Crippen MR) is 40.9 cm³/mol. The molecular formula is C8H12O3. The number of carbonyl (C=O) groups is 1. The van der Waals surface area contributed by atoms with Gasteiger partial charge in [0.25, 0.3) is 0 Å². The molecule has 0 atom stereocenters. The Morgan fingerprint density at radius 3 is 2.64 bits per heavy atom. The van der Waals surface area contributed by atoms with Gasteiger partial charge in [0.1, 0.15) is 6.61 Å². The Morgan fingerprint density at radius 2 is 2.09 bits per heavy atom. The van der Waals surface area contributed by atoms with Gasteiger partial charge in [-0.15, -0.1) is 0 Å². The summed E-state index contributed by atoms with van der Waals surface area (Å²) in [6.07, 6.45) is 0. The zero-order chi connectivity index (χ0) is 8.53. The van der Waals surface area contributed by atoms with Crippen molar-refractivity contribution in [2.75, 3.05) is 19.8 Å². The van der Waals surface area contributed by atoms with Crippen LogP contribution in [0, 0.1) is 11.8 Å². The van der Waals surface area contributed by atoms with Crippen molar-refractivity contribution in [2.24, 2.45) is 0 Å². The molecule has 62 valence electrons. The molecule has 3 heteroatoms. The minimum atomic E-state index is -0.493. The molecule has 0 unspecified atom stereocenters. The second-order valence-electron chi connectivity index (χ2n) is 1.66. The van der Waals surface area contributed by atoms with Crippen molar-refractivity contribution < 1.29 is 14.3 Å². The average Bonchev–Trinajstić information content (AvgIpc) is 1.99.